The Morgan fingerprint density at radius 2 is 2.14 bits per heavy atom. The van der Waals surface area contributed by atoms with Gasteiger partial charge in [-0.2, -0.15) is 0 Å². The molecule has 2 rings (SSSR count). The maximum atomic E-state index is 11.7. The summed E-state index contributed by atoms with van der Waals surface area (Å²) in [6, 6.07) is 6.07. The first-order chi connectivity index (χ1) is 9.82. The van der Waals surface area contributed by atoms with Crippen LogP contribution in [-0.4, -0.2) is 18.6 Å². The summed E-state index contributed by atoms with van der Waals surface area (Å²) in [4.78, 5) is 11.7. The molecule has 3 nitrogen and oxygen atoms in total. The predicted octanol–water partition coefficient (Wildman–Crippen LogP) is 4.86. The highest BCUT2D eigenvalue weighted by Gasteiger charge is 2.36. The average Bonchev–Trinajstić information content (AvgIpc) is 2.65. The van der Waals surface area contributed by atoms with Gasteiger partial charge < -0.3 is 10.1 Å². The van der Waals surface area contributed by atoms with E-state index in [1.165, 1.54) is 12.8 Å². The van der Waals surface area contributed by atoms with Crippen molar-refractivity contribution in [2.24, 2.45) is 11.3 Å². The van der Waals surface area contributed by atoms with Crippen molar-refractivity contribution in [3.63, 3.8) is 0 Å². The van der Waals surface area contributed by atoms with Crippen LogP contribution >= 0.6 is 15.9 Å². The third kappa shape index (κ3) is 4.00. The van der Waals surface area contributed by atoms with Gasteiger partial charge in [0.05, 0.1) is 12.2 Å². The van der Waals surface area contributed by atoms with E-state index in [2.05, 4.69) is 42.0 Å². The minimum Gasteiger partial charge on any atom is -0.462 e. The van der Waals surface area contributed by atoms with Crippen molar-refractivity contribution in [1.82, 2.24) is 0 Å². The molecule has 1 aromatic rings. The van der Waals surface area contributed by atoms with E-state index < -0.39 is 0 Å². The number of rotatable bonds is 4. The van der Waals surface area contributed by atoms with Crippen molar-refractivity contribution in [3.8, 4) is 0 Å². The molecule has 1 aromatic carbocycles. The van der Waals surface area contributed by atoms with Gasteiger partial charge in [0.2, 0.25) is 0 Å². The van der Waals surface area contributed by atoms with Gasteiger partial charge in [-0.3, -0.25) is 0 Å². The molecule has 0 saturated heterocycles. The highest BCUT2D eigenvalue weighted by Crippen LogP contribution is 2.42. The van der Waals surface area contributed by atoms with Crippen LogP contribution in [0.15, 0.2) is 22.7 Å². The fraction of sp³-hybridized carbons (Fsp3) is 0.588. The zero-order valence-electron chi connectivity index (χ0n) is 13.2. The average molecular weight is 354 g/mol. The topological polar surface area (TPSA) is 38.3 Å². The van der Waals surface area contributed by atoms with E-state index in [0.717, 1.165) is 10.2 Å². The van der Waals surface area contributed by atoms with E-state index in [9.17, 15) is 4.79 Å². The third-order valence-corrected chi connectivity index (χ3v) is 4.81. The Bertz CT molecular complexity index is 528. The molecule has 2 unspecified atom stereocenters. The van der Waals surface area contributed by atoms with Gasteiger partial charge in [0.25, 0.3) is 0 Å². The highest BCUT2D eigenvalue weighted by molar-refractivity contribution is 9.10. The van der Waals surface area contributed by atoms with E-state index in [4.69, 9.17) is 4.74 Å². The quantitative estimate of drug-likeness (QED) is 0.785. The molecule has 1 fully saturated rings. The van der Waals surface area contributed by atoms with Gasteiger partial charge >= 0.3 is 5.97 Å². The number of benzene rings is 1. The monoisotopic (exact) mass is 353 g/mol. The molecule has 0 amide bonds. The molecule has 0 radical (unpaired) electrons. The van der Waals surface area contributed by atoms with Crippen LogP contribution in [0.2, 0.25) is 0 Å². The van der Waals surface area contributed by atoms with E-state index in [0.29, 0.717) is 29.5 Å². The van der Waals surface area contributed by atoms with Crippen molar-refractivity contribution in [3.05, 3.63) is 28.2 Å². The van der Waals surface area contributed by atoms with Gasteiger partial charge in [0.1, 0.15) is 0 Å². The van der Waals surface area contributed by atoms with Crippen molar-refractivity contribution in [1.29, 1.82) is 0 Å². The van der Waals surface area contributed by atoms with Crippen molar-refractivity contribution >= 4 is 27.6 Å². The summed E-state index contributed by atoms with van der Waals surface area (Å²) in [5.74, 6) is 0.372. The Morgan fingerprint density at radius 3 is 2.67 bits per heavy atom. The van der Waals surface area contributed by atoms with E-state index in [1.807, 2.05) is 25.1 Å². The summed E-state index contributed by atoms with van der Waals surface area (Å²) in [5, 5.41) is 3.61. The maximum Gasteiger partial charge on any atom is 0.338 e. The lowest BCUT2D eigenvalue weighted by molar-refractivity contribution is 0.0526. The number of carbonyl (C=O) groups excluding carboxylic acids is 1. The molecule has 2 atom stereocenters. The Hall–Kier alpha value is -1.03. The molecule has 0 bridgehead atoms. The second-order valence-corrected chi connectivity index (χ2v) is 7.57. The lowest BCUT2D eigenvalue weighted by atomic mass is 9.91. The molecular weight excluding hydrogens is 330 g/mol. The van der Waals surface area contributed by atoms with Gasteiger partial charge in [-0.15, -0.1) is 0 Å². The summed E-state index contributed by atoms with van der Waals surface area (Å²) in [5.41, 5.74) is 2.01. The molecule has 0 heterocycles. The second-order valence-electron chi connectivity index (χ2n) is 6.72. The van der Waals surface area contributed by atoms with Gasteiger partial charge in [-0.1, -0.05) is 20.8 Å². The number of nitrogens with one attached hydrogen (secondary N) is 1. The van der Waals surface area contributed by atoms with Crippen LogP contribution in [0.3, 0.4) is 0 Å². The van der Waals surface area contributed by atoms with Gasteiger partial charge in [0, 0.05) is 16.2 Å². The lowest BCUT2D eigenvalue weighted by Crippen LogP contribution is -2.22. The summed E-state index contributed by atoms with van der Waals surface area (Å²) in [6.45, 7) is 9.15. The Kier molecular flexibility index (Phi) is 4.97. The van der Waals surface area contributed by atoms with E-state index >= 15 is 0 Å². The molecule has 1 saturated carbocycles. The van der Waals surface area contributed by atoms with Crippen molar-refractivity contribution < 1.29 is 9.53 Å². The molecule has 0 aromatic heterocycles. The first kappa shape index (κ1) is 16.3. The zero-order valence-corrected chi connectivity index (χ0v) is 14.8. The van der Waals surface area contributed by atoms with Gasteiger partial charge in [-0.25, -0.2) is 4.79 Å². The number of hydrogen-bond donors (Lipinski definition) is 1. The van der Waals surface area contributed by atoms with Crippen LogP contribution in [0.5, 0.6) is 0 Å². The first-order valence-electron chi connectivity index (χ1n) is 7.55. The standard InChI is InChI=1S/C17H24BrNO2/c1-5-21-16(20)12-6-7-14(13(18)8-12)19-15-10-17(3,4)9-11(15)2/h6-8,11,15,19H,5,9-10H2,1-4H3. The summed E-state index contributed by atoms with van der Waals surface area (Å²) >= 11 is 3.55. The normalized spacial score (nSPS) is 23.9. The lowest BCUT2D eigenvalue weighted by Gasteiger charge is -2.21. The largest absolute Gasteiger partial charge is 0.462 e. The van der Waals surface area contributed by atoms with Crippen LogP contribution in [0.25, 0.3) is 0 Å². The number of ether oxygens (including phenoxy) is 1. The number of halogens is 1. The molecular formula is C17H24BrNO2. The second kappa shape index (κ2) is 6.39. The number of esters is 1. The SMILES string of the molecule is CCOC(=O)c1ccc(NC2CC(C)(C)CC2C)c(Br)c1. The number of carbonyl (C=O) groups is 1. The molecule has 4 heteroatoms. The van der Waals surface area contributed by atoms with Crippen LogP contribution < -0.4 is 5.32 Å². The molecule has 0 aliphatic heterocycles. The summed E-state index contributed by atoms with van der Waals surface area (Å²) in [7, 11) is 0. The first-order valence-corrected chi connectivity index (χ1v) is 8.35. The number of anilines is 1. The Balaban J connectivity index is 2.10. The van der Waals surface area contributed by atoms with Crippen LogP contribution in [0.4, 0.5) is 5.69 Å². The summed E-state index contributed by atoms with van der Waals surface area (Å²) < 4.78 is 5.93. The minimum absolute atomic E-state index is 0.278. The minimum atomic E-state index is -0.278. The molecule has 21 heavy (non-hydrogen) atoms. The molecule has 1 aliphatic carbocycles. The van der Waals surface area contributed by atoms with Crippen LogP contribution in [-0.2, 0) is 4.74 Å². The van der Waals surface area contributed by atoms with Crippen molar-refractivity contribution in [2.75, 3.05) is 11.9 Å². The third-order valence-electron chi connectivity index (χ3n) is 4.16. The number of hydrogen-bond acceptors (Lipinski definition) is 3. The van der Waals surface area contributed by atoms with Crippen molar-refractivity contribution in [2.45, 2.75) is 46.6 Å². The zero-order chi connectivity index (χ0) is 15.6. The predicted molar refractivity (Wildman–Crippen MR) is 89.7 cm³/mol. The molecule has 0 spiro atoms. The molecule has 116 valence electrons. The maximum absolute atomic E-state index is 11.7. The van der Waals surface area contributed by atoms with Crippen LogP contribution in [0, 0.1) is 11.3 Å². The smallest absolute Gasteiger partial charge is 0.338 e. The fourth-order valence-corrected chi connectivity index (χ4v) is 3.75. The van der Waals surface area contributed by atoms with E-state index in [-0.39, 0.29) is 5.97 Å². The Labute approximate surface area is 135 Å². The van der Waals surface area contributed by atoms with Crippen LogP contribution in [0.1, 0.15) is 50.9 Å². The van der Waals surface area contributed by atoms with E-state index in [1.54, 1.807) is 0 Å². The van der Waals surface area contributed by atoms with Gasteiger partial charge in [0.15, 0.2) is 0 Å². The molecule has 1 N–H and O–H groups in total. The van der Waals surface area contributed by atoms with Gasteiger partial charge in [-0.05, 0) is 65.2 Å². The Morgan fingerprint density at radius 1 is 1.43 bits per heavy atom. The summed E-state index contributed by atoms with van der Waals surface area (Å²) in [6.07, 6.45) is 2.41. The highest BCUT2D eigenvalue weighted by atomic mass is 79.9. The fourth-order valence-electron chi connectivity index (χ4n) is 3.26. The molecule has 1 aliphatic rings.